The van der Waals surface area contributed by atoms with Gasteiger partial charge in [0.25, 0.3) is 5.91 Å². The Morgan fingerprint density at radius 3 is 3.14 bits per heavy atom. The van der Waals surface area contributed by atoms with Gasteiger partial charge in [-0.3, -0.25) is 9.69 Å². The molecule has 0 aliphatic carbocycles. The number of pyridine rings is 1. The second kappa shape index (κ2) is 10.2. The number of anilines is 2. The molecule has 1 atom stereocenters. The first-order chi connectivity index (χ1) is 13.7. The molecular formula is C20H26N6OS. The van der Waals surface area contributed by atoms with Crippen molar-refractivity contribution in [2.24, 2.45) is 0 Å². The molecule has 2 aromatic heterocycles. The normalized spacial score (nSPS) is 17.1. The first-order valence-corrected chi connectivity index (χ1v) is 10.6. The Hall–Kier alpha value is -2.50. The molecule has 1 aliphatic heterocycles. The predicted molar refractivity (Wildman–Crippen MR) is 111 cm³/mol. The third-order valence-corrected chi connectivity index (χ3v) is 5.53. The first-order valence-electron chi connectivity index (χ1n) is 9.76. The predicted octanol–water partition coefficient (Wildman–Crippen LogP) is 3.51. The maximum Gasteiger partial charge on any atom is 0.270 e. The lowest BCUT2D eigenvalue weighted by molar-refractivity contribution is 0.0949. The summed E-state index contributed by atoms with van der Waals surface area (Å²) < 4.78 is 0. The number of hydrogen-bond acceptors (Lipinski definition) is 7. The zero-order chi connectivity index (χ0) is 19.8. The van der Waals surface area contributed by atoms with E-state index < -0.39 is 0 Å². The van der Waals surface area contributed by atoms with E-state index in [4.69, 9.17) is 10.2 Å². The summed E-state index contributed by atoms with van der Waals surface area (Å²) in [5.41, 5.74) is 1.46. The Bertz CT molecular complexity index is 830. The average molecular weight is 399 g/mol. The van der Waals surface area contributed by atoms with E-state index >= 15 is 0 Å². The number of piperidine rings is 1. The summed E-state index contributed by atoms with van der Waals surface area (Å²) in [5.74, 6) is 0.918. The highest BCUT2D eigenvalue weighted by Crippen LogP contribution is 2.27. The molecule has 7 nitrogen and oxygen atoms in total. The van der Waals surface area contributed by atoms with Crippen LogP contribution in [-0.2, 0) is 0 Å². The fourth-order valence-electron chi connectivity index (χ4n) is 3.30. The Labute approximate surface area is 169 Å². The van der Waals surface area contributed by atoms with Gasteiger partial charge in [-0.1, -0.05) is 19.4 Å². The van der Waals surface area contributed by atoms with Crippen molar-refractivity contribution in [1.82, 2.24) is 20.2 Å². The lowest BCUT2D eigenvalue weighted by atomic mass is 9.94. The van der Waals surface area contributed by atoms with Crippen LogP contribution in [0.1, 0.15) is 54.7 Å². The lowest BCUT2D eigenvalue weighted by Gasteiger charge is -2.30. The van der Waals surface area contributed by atoms with Gasteiger partial charge < -0.3 is 10.6 Å². The van der Waals surface area contributed by atoms with Crippen LogP contribution in [-0.4, -0.2) is 47.0 Å². The summed E-state index contributed by atoms with van der Waals surface area (Å²) in [4.78, 5) is 23.4. The number of nitrogens with one attached hydrogen (secondary N) is 2. The summed E-state index contributed by atoms with van der Waals surface area (Å²) in [6.07, 6.45) is 4.17. The van der Waals surface area contributed by atoms with Crippen molar-refractivity contribution >= 4 is 28.2 Å². The van der Waals surface area contributed by atoms with Crippen LogP contribution in [0.2, 0.25) is 0 Å². The van der Waals surface area contributed by atoms with E-state index in [1.54, 1.807) is 5.38 Å². The number of nitrogens with zero attached hydrogens (tertiary/aromatic N) is 4. The summed E-state index contributed by atoms with van der Waals surface area (Å²) in [5, 5.41) is 17.4. The molecule has 1 unspecified atom stereocenters. The van der Waals surface area contributed by atoms with Crippen molar-refractivity contribution in [1.29, 1.82) is 5.26 Å². The minimum absolute atomic E-state index is 0.140. The molecule has 2 aromatic rings. The summed E-state index contributed by atoms with van der Waals surface area (Å²) in [6.45, 7) is 5.07. The molecular weight excluding hydrogens is 372 g/mol. The highest BCUT2D eigenvalue weighted by molar-refractivity contribution is 7.14. The number of likely N-dealkylation sites (tertiary alicyclic amines) is 1. The molecule has 148 valence electrons. The van der Waals surface area contributed by atoms with E-state index in [-0.39, 0.29) is 5.91 Å². The van der Waals surface area contributed by atoms with Gasteiger partial charge in [0.05, 0.1) is 12.6 Å². The maximum absolute atomic E-state index is 12.1. The monoisotopic (exact) mass is 398 g/mol. The minimum atomic E-state index is -0.140. The molecule has 8 heteroatoms. The molecule has 2 N–H and O–H groups in total. The Balaban J connectivity index is 1.62. The molecule has 1 saturated heterocycles. The van der Waals surface area contributed by atoms with Crippen LogP contribution >= 0.6 is 11.3 Å². The van der Waals surface area contributed by atoms with Gasteiger partial charge >= 0.3 is 0 Å². The smallest absolute Gasteiger partial charge is 0.270 e. The molecule has 1 fully saturated rings. The van der Waals surface area contributed by atoms with Crippen molar-refractivity contribution in [3.05, 3.63) is 35.0 Å². The van der Waals surface area contributed by atoms with E-state index in [0.29, 0.717) is 29.8 Å². The molecule has 0 saturated carbocycles. The van der Waals surface area contributed by atoms with E-state index in [1.807, 2.05) is 18.2 Å². The third kappa shape index (κ3) is 5.50. The highest BCUT2D eigenvalue weighted by Gasteiger charge is 2.22. The van der Waals surface area contributed by atoms with Crippen molar-refractivity contribution in [3.63, 3.8) is 0 Å². The van der Waals surface area contributed by atoms with Gasteiger partial charge in [0.15, 0.2) is 5.13 Å². The van der Waals surface area contributed by atoms with Crippen molar-refractivity contribution in [2.45, 2.75) is 38.5 Å². The second-order valence-electron chi connectivity index (χ2n) is 6.95. The molecule has 3 rings (SSSR count). The Morgan fingerprint density at radius 2 is 2.32 bits per heavy atom. The maximum atomic E-state index is 12.1. The van der Waals surface area contributed by atoms with E-state index in [1.165, 1.54) is 11.3 Å². The van der Waals surface area contributed by atoms with Gasteiger partial charge in [0, 0.05) is 30.1 Å². The van der Waals surface area contributed by atoms with Crippen LogP contribution in [0.4, 0.5) is 10.9 Å². The fourth-order valence-corrected chi connectivity index (χ4v) is 4.00. The van der Waals surface area contributed by atoms with E-state index in [9.17, 15) is 4.79 Å². The van der Waals surface area contributed by atoms with Gasteiger partial charge in [-0.2, -0.15) is 5.26 Å². The highest BCUT2D eigenvalue weighted by atomic mass is 32.1. The number of unbranched alkanes of at least 4 members (excludes halogenated alkanes) is 1. The molecule has 1 aliphatic rings. The van der Waals surface area contributed by atoms with Crippen molar-refractivity contribution < 1.29 is 4.79 Å². The molecule has 28 heavy (non-hydrogen) atoms. The number of hydrogen-bond donors (Lipinski definition) is 2. The first kappa shape index (κ1) is 20.2. The zero-order valence-electron chi connectivity index (χ0n) is 16.1. The number of rotatable bonds is 8. The van der Waals surface area contributed by atoms with E-state index in [2.05, 4.69) is 33.5 Å². The van der Waals surface area contributed by atoms with Crippen LogP contribution in [0.25, 0.3) is 0 Å². The number of carbonyl (C=O) groups is 1. The fraction of sp³-hybridized carbons (Fsp3) is 0.500. The topological polar surface area (TPSA) is 93.9 Å². The number of amides is 1. The average Bonchev–Trinajstić information content (AvgIpc) is 3.17. The van der Waals surface area contributed by atoms with Crippen LogP contribution in [0.5, 0.6) is 0 Å². The molecule has 1 amide bonds. The number of nitriles is 1. The minimum Gasteiger partial charge on any atom is -0.351 e. The number of carbonyl (C=O) groups excluding carboxylic acids is 1. The lowest BCUT2D eigenvalue weighted by Crippen LogP contribution is -2.34. The van der Waals surface area contributed by atoms with Crippen LogP contribution < -0.4 is 10.6 Å². The molecule has 0 radical (unpaired) electrons. The number of thiazole rings is 1. The van der Waals surface area contributed by atoms with Crippen molar-refractivity contribution in [3.8, 4) is 6.07 Å². The van der Waals surface area contributed by atoms with Gasteiger partial charge in [-0.15, -0.1) is 11.3 Å². The van der Waals surface area contributed by atoms with Gasteiger partial charge in [-0.05, 0) is 37.9 Å². The van der Waals surface area contributed by atoms with Crippen LogP contribution in [0.3, 0.4) is 0 Å². The molecule has 3 heterocycles. The quantitative estimate of drug-likeness (QED) is 0.522. The van der Waals surface area contributed by atoms with Crippen LogP contribution in [0, 0.1) is 11.3 Å². The largest absolute Gasteiger partial charge is 0.351 e. The summed E-state index contributed by atoms with van der Waals surface area (Å²) in [6, 6.07) is 8.17. The van der Waals surface area contributed by atoms with Gasteiger partial charge in [-0.25, -0.2) is 9.97 Å². The summed E-state index contributed by atoms with van der Waals surface area (Å²) >= 11 is 1.39. The van der Waals surface area contributed by atoms with Crippen molar-refractivity contribution in [2.75, 3.05) is 31.5 Å². The molecule has 0 bridgehead atoms. The second-order valence-corrected chi connectivity index (χ2v) is 7.81. The van der Waals surface area contributed by atoms with Gasteiger partial charge in [0.2, 0.25) is 0 Å². The zero-order valence-corrected chi connectivity index (χ0v) is 17.0. The molecule has 0 spiro atoms. The standard InChI is InChI=1S/C20H26N6OS/c1-2-3-10-22-19(27)17-14-28-20(24-17)25-18-8-4-7-16(23-18)15-6-5-11-26(13-15)12-9-21/h4,7-8,14-15H,2-3,5-6,10-13H2,1H3,(H,22,27)(H,23,24,25). The summed E-state index contributed by atoms with van der Waals surface area (Å²) in [7, 11) is 0. The van der Waals surface area contributed by atoms with Crippen LogP contribution in [0.15, 0.2) is 23.6 Å². The Kier molecular flexibility index (Phi) is 7.34. The number of aromatic nitrogens is 2. The Morgan fingerprint density at radius 1 is 1.43 bits per heavy atom. The third-order valence-electron chi connectivity index (χ3n) is 4.78. The molecule has 0 aromatic carbocycles. The van der Waals surface area contributed by atoms with Gasteiger partial charge in [0.1, 0.15) is 11.5 Å². The SMILES string of the molecule is CCCCNC(=O)c1csc(Nc2cccc(C3CCCN(CC#N)C3)n2)n1. The van der Waals surface area contributed by atoms with E-state index in [0.717, 1.165) is 50.3 Å².